The molecule has 0 spiro atoms. The fourth-order valence-electron chi connectivity index (χ4n) is 5.06. The van der Waals surface area contributed by atoms with Crippen molar-refractivity contribution in [3.63, 3.8) is 0 Å². The quantitative estimate of drug-likeness (QED) is 0.258. The molecule has 4 nitrogen and oxygen atoms in total. The molecule has 0 N–H and O–H groups in total. The molecule has 4 aromatic carbocycles. The Balaban J connectivity index is 1.44. The molecule has 4 heteroatoms. The Kier molecular flexibility index (Phi) is 4.80. The van der Waals surface area contributed by atoms with Crippen molar-refractivity contribution in [3.05, 3.63) is 121 Å². The highest BCUT2D eigenvalue weighted by Gasteiger charge is 2.16. The molecule has 0 atom stereocenters. The van der Waals surface area contributed by atoms with Crippen LogP contribution in [-0.4, -0.2) is 9.97 Å². The first-order valence-electron chi connectivity index (χ1n) is 12.1. The number of furan rings is 1. The minimum absolute atomic E-state index is 0.369. The molecule has 0 saturated carbocycles. The maximum absolute atomic E-state index is 9.26. The highest BCUT2D eigenvalue weighted by molar-refractivity contribution is 6.22. The molecule has 0 aliphatic rings. The van der Waals surface area contributed by atoms with E-state index in [0.29, 0.717) is 5.69 Å². The van der Waals surface area contributed by atoms with E-state index in [2.05, 4.69) is 71.7 Å². The van der Waals surface area contributed by atoms with Gasteiger partial charge >= 0.3 is 0 Å². The molecule has 172 valence electrons. The summed E-state index contributed by atoms with van der Waals surface area (Å²) in [6, 6.07) is 39.0. The lowest BCUT2D eigenvalue weighted by Crippen LogP contribution is -1.91. The zero-order valence-electron chi connectivity index (χ0n) is 19.7. The van der Waals surface area contributed by atoms with E-state index in [1.165, 1.54) is 0 Å². The molecule has 0 aliphatic heterocycles. The van der Waals surface area contributed by atoms with Gasteiger partial charge in [0.15, 0.2) is 0 Å². The van der Waals surface area contributed by atoms with E-state index >= 15 is 0 Å². The minimum atomic E-state index is 0.369. The fraction of sp³-hybridized carbons (Fsp3) is 0. The number of aromatic nitrogens is 2. The summed E-state index contributed by atoms with van der Waals surface area (Å²) in [5.41, 5.74) is 7.84. The average molecular weight is 474 g/mol. The maximum atomic E-state index is 9.26. The Morgan fingerprint density at radius 3 is 2.27 bits per heavy atom. The fourth-order valence-corrected chi connectivity index (χ4v) is 5.06. The first-order valence-corrected chi connectivity index (χ1v) is 12.1. The second-order valence-electron chi connectivity index (χ2n) is 8.97. The van der Waals surface area contributed by atoms with Crippen LogP contribution >= 0.6 is 0 Å². The van der Waals surface area contributed by atoms with E-state index in [1.807, 2.05) is 42.5 Å². The van der Waals surface area contributed by atoms with Crippen molar-refractivity contribution in [2.24, 2.45) is 0 Å². The van der Waals surface area contributed by atoms with Crippen molar-refractivity contribution in [1.82, 2.24) is 9.97 Å². The zero-order chi connectivity index (χ0) is 24.8. The van der Waals surface area contributed by atoms with E-state index in [-0.39, 0.29) is 0 Å². The number of pyridine rings is 2. The standard InChI is InChI=1S/C33H19N3O/c34-20-24-17-23(15-16-35-24)29-11-6-12-30(36-29)28-19-32-33(26-10-5-4-9-25(26)28)27-14-13-22(18-31(27)37-32)21-7-2-1-3-8-21/h1-19H. The summed E-state index contributed by atoms with van der Waals surface area (Å²) >= 11 is 0. The van der Waals surface area contributed by atoms with Gasteiger partial charge in [0.1, 0.15) is 22.9 Å². The SMILES string of the molecule is N#Cc1cc(-c2cccc(-c3cc4oc5cc(-c6ccccc6)ccc5c4c4ccccc34)n2)ccn1. The number of hydrogen-bond acceptors (Lipinski definition) is 4. The molecule has 0 unspecified atom stereocenters. The van der Waals surface area contributed by atoms with Crippen molar-refractivity contribution in [2.75, 3.05) is 0 Å². The molecule has 0 aliphatic carbocycles. The summed E-state index contributed by atoms with van der Waals surface area (Å²) in [5.74, 6) is 0. The zero-order valence-corrected chi connectivity index (χ0v) is 19.7. The van der Waals surface area contributed by atoms with E-state index in [0.717, 1.165) is 66.4 Å². The van der Waals surface area contributed by atoms with Gasteiger partial charge in [-0.25, -0.2) is 9.97 Å². The maximum Gasteiger partial charge on any atom is 0.141 e. The van der Waals surface area contributed by atoms with Crippen molar-refractivity contribution in [3.8, 4) is 39.7 Å². The van der Waals surface area contributed by atoms with E-state index < -0.39 is 0 Å². The minimum Gasteiger partial charge on any atom is -0.456 e. The lowest BCUT2D eigenvalue weighted by Gasteiger charge is -2.09. The van der Waals surface area contributed by atoms with Gasteiger partial charge in [-0.05, 0) is 64.4 Å². The number of hydrogen-bond donors (Lipinski definition) is 0. The number of rotatable bonds is 3. The van der Waals surface area contributed by atoms with Gasteiger partial charge in [0.2, 0.25) is 0 Å². The van der Waals surface area contributed by atoms with Crippen LogP contribution < -0.4 is 0 Å². The predicted molar refractivity (Wildman–Crippen MR) is 148 cm³/mol. The first kappa shape index (κ1) is 21.0. The van der Waals surface area contributed by atoms with Crippen molar-refractivity contribution < 1.29 is 4.42 Å². The molecule has 0 radical (unpaired) electrons. The number of nitrogens with zero attached hydrogens (tertiary/aromatic N) is 3. The summed E-state index contributed by atoms with van der Waals surface area (Å²) in [4.78, 5) is 9.06. The van der Waals surface area contributed by atoms with Crippen LogP contribution in [0.3, 0.4) is 0 Å². The van der Waals surface area contributed by atoms with Crippen LogP contribution in [0.5, 0.6) is 0 Å². The molecule has 0 bridgehead atoms. The number of fused-ring (bicyclic) bond motifs is 5. The molecule has 3 heterocycles. The highest BCUT2D eigenvalue weighted by Crippen LogP contribution is 2.40. The number of benzene rings is 4. The molecule has 7 rings (SSSR count). The Morgan fingerprint density at radius 1 is 0.595 bits per heavy atom. The van der Waals surface area contributed by atoms with Crippen LogP contribution in [0, 0.1) is 11.3 Å². The van der Waals surface area contributed by atoms with Crippen molar-refractivity contribution >= 4 is 32.7 Å². The lowest BCUT2D eigenvalue weighted by atomic mass is 9.96. The van der Waals surface area contributed by atoms with Crippen LogP contribution in [0.1, 0.15) is 5.69 Å². The third kappa shape index (κ3) is 3.53. The molecule has 0 fully saturated rings. The van der Waals surface area contributed by atoms with Gasteiger partial charge in [0.25, 0.3) is 0 Å². The highest BCUT2D eigenvalue weighted by atomic mass is 16.3. The van der Waals surface area contributed by atoms with Gasteiger partial charge in [-0.3, -0.25) is 0 Å². The summed E-state index contributed by atoms with van der Waals surface area (Å²) in [5, 5.41) is 13.7. The molecule has 37 heavy (non-hydrogen) atoms. The van der Waals surface area contributed by atoms with E-state index in [4.69, 9.17) is 9.40 Å². The monoisotopic (exact) mass is 473 g/mol. The molecular formula is C33H19N3O. The second kappa shape index (κ2) is 8.44. The Morgan fingerprint density at radius 2 is 1.41 bits per heavy atom. The Hall–Kier alpha value is -5.27. The van der Waals surface area contributed by atoms with Crippen LogP contribution in [0.4, 0.5) is 0 Å². The molecule has 0 amide bonds. The summed E-state index contributed by atoms with van der Waals surface area (Å²) < 4.78 is 6.46. The van der Waals surface area contributed by atoms with Crippen LogP contribution in [0.15, 0.2) is 120 Å². The van der Waals surface area contributed by atoms with Crippen LogP contribution in [-0.2, 0) is 0 Å². The van der Waals surface area contributed by atoms with E-state index in [1.54, 1.807) is 12.3 Å². The van der Waals surface area contributed by atoms with E-state index in [9.17, 15) is 5.26 Å². The smallest absolute Gasteiger partial charge is 0.141 e. The largest absolute Gasteiger partial charge is 0.456 e. The summed E-state index contributed by atoms with van der Waals surface area (Å²) in [6.45, 7) is 0. The van der Waals surface area contributed by atoms with Gasteiger partial charge < -0.3 is 4.42 Å². The summed E-state index contributed by atoms with van der Waals surface area (Å²) in [6.07, 6.45) is 1.64. The molecule has 0 saturated heterocycles. The molecule has 7 aromatic rings. The predicted octanol–water partition coefficient (Wildman–Crippen LogP) is 8.40. The normalized spacial score (nSPS) is 11.2. The molecule has 3 aromatic heterocycles. The third-order valence-corrected chi connectivity index (χ3v) is 6.78. The first-order chi connectivity index (χ1) is 18.3. The van der Waals surface area contributed by atoms with Gasteiger partial charge in [-0.2, -0.15) is 5.26 Å². The molecular weight excluding hydrogens is 454 g/mol. The second-order valence-corrected chi connectivity index (χ2v) is 8.97. The average Bonchev–Trinajstić information content (AvgIpc) is 3.35. The van der Waals surface area contributed by atoms with Gasteiger partial charge in [-0.1, -0.05) is 66.7 Å². The van der Waals surface area contributed by atoms with Crippen LogP contribution in [0.25, 0.3) is 66.4 Å². The van der Waals surface area contributed by atoms with Crippen LogP contribution in [0.2, 0.25) is 0 Å². The van der Waals surface area contributed by atoms with Gasteiger partial charge in [0.05, 0.1) is 11.4 Å². The Labute approximate surface area is 213 Å². The lowest BCUT2D eigenvalue weighted by molar-refractivity contribution is 0.669. The van der Waals surface area contributed by atoms with Gasteiger partial charge in [0, 0.05) is 28.1 Å². The van der Waals surface area contributed by atoms with Crippen molar-refractivity contribution in [1.29, 1.82) is 5.26 Å². The third-order valence-electron chi connectivity index (χ3n) is 6.78. The topological polar surface area (TPSA) is 62.7 Å². The summed E-state index contributed by atoms with van der Waals surface area (Å²) in [7, 11) is 0. The number of nitriles is 1. The Bertz CT molecular complexity index is 2000. The van der Waals surface area contributed by atoms with Crippen molar-refractivity contribution in [2.45, 2.75) is 0 Å². The van der Waals surface area contributed by atoms with Gasteiger partial charge in [-0.15, -0.1) is 0 Å².